The van der Waals surface area contributed by atoms with Crippen LogP contribution in [0.15, 0.2) is 23.0 Å². The molecule has 2 rings (SSSR count). The standard InChI is InChI=1S/C10H11BS/c1-7-4-5-8(10(7)11)9-3-2-6-12-9/h2-3,6-7H,4-5H2,1H3. The van der Waals surface area contributed by atoms with Crippen molar-refractivity contribution in [2.75, 3.05) is 0 Å². The van der Waals surface area contributed by atoms with Crippen LogP contribution >= 0.6 is 11.3 Å². The highest BCUT2D eigenvalue weighted by Crippen LogP contribution is 2.37. The van der Waals surface area contributed by atoms with Gasteiger partial charge in [-0.25, -0.2) is 0 Å². The molecule has 12 heavy (non-hydrogen) atoms. The number of thiophene rings is 1. The monoisotopic (exact) mass is 174 g/mol. The van der Waals surface area contributed by atoms with E-state index >= 15 is 0 Å². The Morgan fingerprint density at radius 1 is 1.58 bits per heavy atom. The minimum atomic E-state index is 0.585. The lowest BCUT2D eigenvalue weighted by atomic mass is 9.85. The van der Waals surface area contributed by atoms with Gasteiger partial charge in [0.2, 0.25) is 0 Å². The van der Waals surface area contributed by atoms with E-state index in [1.165, 1.54) is 16.9 Å². The summed E-state index contributed by atoms with van der Waals surface area (Å²) >= 11 is 1.79. The van der Waals surface area contributed by atoms with E-state index in [-0.39, 0.29) is 0 Å². The average Bonchev–Trinajstić information content (AvgIpc) is 2.64. The molecule has 0 saturated heterocycles. The summed E-state index contributed by atoms with van der Waals surface area (Å²) in [7, 11) is 6.00. The molecule has 1 unspecified atom stereocenters. The Morgan fingerprint density at radius 2 is 2.42 bits per heavy atom. The van der Waals surface area contributed by atoms with Gasteiger partial charge in [-0.15, -0.1) is 16.8 Å². The number of rotatable bonds is 1. The largest absolute Gasteiger partial charge is 0.144 e. The van der Waals surface area contributed by atoms with Gasteiger partial charge in [-0.1, -0.05) is 13.0 Å². The Hall–Kier alpha value is -0.495. The number of hydrogen-bond donors (Lipinski definition) is 0. The molecule has 1 heterocycles. The van der Waals surface area contributed by atoms with E-state index < -0.39 is 0 Å². The predicted octanol–water partition coefficient (Wildman–Crippen LogP) is 3.06. The first kappa shape index (κ1) is 8.12. The summed E-state index contributed by atoms with van der Waals surface area (Å²) in [5.41, 5.74) is 2.50. The smallest absolute Gasteiger partial charge is 0.108 e. The van der Waals surface area contributed by atoms with Crippen LogP contribution in [0, 0.1) is 5.92 Å². The molecule has 1 aromatic rings. The van der Waals surface area contributed by atoms with Crippen LogP contribution in [-0.2, 0) is 0 Å². The molecule has 60 valence electrons. The molecule has 1 aliphatic carbocycles. The highest BCUT2D eigenvalue weighted by molar-refractivity contribution is 7.11. The van der Waals surface area contributed by atoms with Crippen molar-refractivity contribution in [2.45, 2.75) is 19.8 Å². The van der Waals surface area contributed by atoms with E-state index in [1.54, 1.807) is 11.3 Å². The van der Waals surface area contributed by atoms with E-state index in [1.807, 2.05) is 0 Å². The summed E-state index contributed by atoms with van der Waals surface area (Å²) < 4.78 is 0. The molecule has 2 heteroatoms. The van der Waals surface area contributed by atoms with Crippen molar-refractivity contribution in [3.8, 4) is 0 Å². The highest BCUT2D eigenvalue weighted by atomic mass is 32.1. The summed E-state index contributed by atoms with van der Waals surface area (Å²) in [6, 6.07) is 4.24. The average molecular weight is 174 g/mol. The summed E-state index contributed by atoms with van der Waals surface area (Å²) in [6.07, 6.45) is 2.38. The third-order valence-corrected chi connectivity index (χ3v) is 3.45. The van der Waals surface area contributed by atoms with Gasteiger partial charge in [-0.05, 0) is 35.8 Å². The lowest BCUT2D eigenvalue weighted by Gasteiger charge is -2.03. The Morgan fingerprint density at radius 3 is 2.92 bits per heavy atom. The molecule has 0 fully saturated rings. The van der Waals surface area contributed by atoms with Gasteiger partial charge in [-0.2, -0.15) is 0 Å². The first-order valence-corrected chi connectivity index (χ1v) is 5.19. The second kappa shape index (κ2) is 3.10. The first-order valence-electron chi connectivity index (χ1n) is 4.31. The van der Waals surface area contributed by atoms with E-state index in [0.29, 0.717) is 5.92 Å². The second-order valence-corrected chi connectivity index (χ2v) is 4.30. The van der Waals surface area contributed by atoms with Gasteiger partial charge in [0.25, 0.3) is 0 Å². The molecule has 0 nitrogen and oxygen atoms in total. The topological polar surface area (TPSA) is 0 Å². The molecule has 0 aromatic carbocycles. The van der Waals surface area contributed by atoms with Crippen molar-refractivity contribution >= 4 is 24.8 Å². The molecule has 1 aliphatic rings. The van der Waals surface area contributed by atoms with Gasteiger partial charge in [-0.3, -0.25) is 0 Å². The van der Waals surface area contributed by atoms with Gasteiger partial charge in [0.15, 0.2) is 0 Å². The number of hydrogen-bond acceptors (Lipinski definition) is 1. The van der Waals surface area contributed by atoms with Gasteiger partial charge in [0, 0.05) is 4.88 Å². The van der Waals surface area contributed by atoms with Crippen molar-refractivity contribution < 1.29 is 0 Å². The molecule has 0 bridgehead atoms. The third kappa shape index (κ3) is 1.24. The van der Waals surface area contributed by atoms with Crippen LogP contribution < -0.4 is 0 Å². The Kier molecular flexibility index (Phi) is 2.10. The van der Waals surface area contributed by atoms with Crippen molar-refractivity contribution in [3.05, 3.63) is 27.9 Å². The summed E-state index contributed by atoms with van der Waals surface area (Å²) in [4.78, 5) is 1.36. The van der Waals surface area contributed by atoms with Crippen LogP contribution in [0.25, 0.3) is 5.57 Å². The first-order chi connectivity index (χ1) is 5.79. The highest BCUT2D eigenvalue weighted by Gasteiger charge is 2.18. The molecule has 0 amide bonds. The third-order valence-electron chi connectivity index (χ3n) is 2.53. The predicted molar refractivity (Wildman–Crippen MR) is 55.4 cm³/mol. The molecular weight excluding hydrogens is 163 g/mol. The zero-order valence-corrected chi connectivity index (χ0v) is 8.03. The van der Waals surface area contributed by atoms with Crippen LogP contribution in [0.5, 0.6) is 0 Å². The SMILES string of the molecule is [B]C1=C(c2cccs2)CCC1C. The molecule has 1 aromatic heterocycles. The maximum absolute atomic E-state index is 6.00. The second-order valence-electron chi connectivity index (χ2n) is 3.35. The minimum Gasteiger partial charge on any atom is -0.144 e. The molecule has 0 N–H and O–H groups in total. The van der Waals surface area contributed by atoms with Crippen molar-refractivity contribution in [1.82, 2.24) is 0 Å². The van der Waals surface area contributed by atoms with Crippen molar-refractivity contribution in [1.29, 1.82) is 0 Å². The summed E-state index contributed by atoms with van der Waals surface area (Å²) in [6.45, 7) is 2.20. The van der Waals surface area contributed by atoms with Crippen LogP contribution in [0.1, 0.15) is 24.6 Å². The van der Waals surface area contributed by atoms with Gasteiger partial charge in [0.05, 0.1) is 0 Å². The fourth-order valence-corrected chi connectivity index (χ4v) is 2.50. The van der Waals surface area contributed by atoms with Crippen molar-refractivity contribution in [3.63, 3.8) is 0 Å². The quantitative estimate of drug-likeness (QED) is 0.574. The molecule has 1 atom stereocenters. The van der Waals surface area contributed by atoms with Crippen LogP contribution in [0.2, 0.25) is 0 Å². The molecule has 2 radical (unpaired) electrons. The fraction of sp³-hybridized carbons (Fsp3) is 0.400. The lowest BCUT2D eigenvalue weighted by molar-refractivity contribution is 0.693. The zero-order valence-electron chi connectivity index (χ0n) is 7.21. The van der Waals surface area contributed by atoms with Crippen LogP contribution in [0.3, 0.4) is 0 Å². The van der Waals surface area contributed by atoms with Crippen LogP contribution in [-0.4, -0.2) is 7.85 Å². The van der Waals surface area contributed by atoms with Crippen molar-refractivity contribution in [2.24, 2.45) is 5.92 Å². The maximum atomic E-state index is 6.00. The van der Waals surface area contributed by atoms with Gasteiger partial charge in [0.1, 0.15) is 7.85 Å². The molecule has 0 saturated carbocycles. The minimum absolute atomic E-state index is 0.585. The zero-order chi connectivity index (χ0) is 8.55. The van der Waals surface area contributed by atoms with E-state index in [4.69, 9.17) is 7.85 Å². The Balaban J connectivity index is 2.36. The summed E-state index contributed by atoms with van der Waals surface area (Å²) in [5, 5.41) is 2.11. The molecule has 0 spiro atoms. The van der Waals surface area contributed by atoms with Gasteiger partial charge >= 0.3 is 0 Å². The summed E-state index contributed by atoms with van der Waals surface area (Å²) in [5.74, 6) is 0.585. The maximum Gasteiger partial charge on any atom is 0.108 e. The van der Waals surface area contributed by atoms with Gasteiger partial charge < -0.3 is 0 Å². The lowest BCUT2D eigenvalue weighted by Crippen LogP contribution is -1.91. The Labute approximate surface area is 78.7 Å². The van der Waals surface area contributed by atoms with E-state index in [0.717, 1.165) is 11.9 Å². The molecular formula is C10H11BS. The normalized spacial score (nSPS) is 23.6. The number of allylic oxidation sites excluding steroid dienone is 2. The van der Waals surface area contributed by atoms with E-state index in [9.17, 15) is 0 Å². The molecule has 0 aliphatic heterocycles. The van der Waals surface area contributed by atoms with E-state index in [2.05, 4.69) is 24.4 Å². The van der Waals surface area contributed by atoms with Crippen LogP contribution in [0.4, 0.5) is 0 Å². The fourth-order valence-electron chi connectivity index (χ4n) is 1.67. The Bertz CT molecular complexity index is 298.